The number of carbonyl (C=O) groups excluding carboxylic acids is 1. The number of hydrogen-bond donors (Lipinski definition) is 2. The maximum atomic E-state index is 12.7. The fourth-order valence-electron chi connectivity index (χ4n) is 2.90. The molecule has 0 saturated heterocycles. The van der Waals surface area contributed by atoms with Gasteiger partial charge >= 0.3 is 0 Å². The van der Waals surface area contributed by atoms with Gasteiger partial charge in [0.2, 0.25) is 10.0 Å². The molecule has 0 radical (unpaired) electrons. The topological polar surface area (TPSA) is 88.4 Å². The van der Waals surface area contributed by atoms with Crippen LogP contribution in [-0.2, 0) is 23.0 Å². The molecule has 0 saturated carbocycles. The third-order valence-corrected chi connectivity index (χ3v) is 6.46. The van der Waals surface area contributed by atoms with Crippen molar-refractivity contribution in [1.29, 1.82) is 0 Å². The second kappa shape index (κ2) is 9.93. The first kappa shape index (κ1) is 22.1. The van der Waals surface area contributed by atoms with E-state index in [-0.39, 0.29) is 34.0 Å². The van der Waals surface area contributed by atoms with Crippen molar-refractivity contribution < 1.29 is 17.6 Å². The SMILES string of the molecule is CC(CCc1ccco1)NC(=O)c1ccc(Cl)c(S(=O)(=O)NCc2ccccc2)c1. The Bertz CT molecular complexity index is 1080. The fourth-order valence-corrected chi connectivity index (χ4v) is 4.44. The molecule has 1 heterocycles. The number of amides is 1. The molecule has 2 N–H and O–H groups in total. The van der Waals surface area contributed by atoms with Gasteiger partial charge in [0, 0.05) is 24.6 Å². The Morgan fingerprint density at radius 2 is 1.87 bits per heavy atom. The summed E-state index contributed by atoms with van der Waals surface area (Å²) >= 11 is 6.12. The van der Waals surface area contributed by atoms with E-state index in [9.17, 15) is 13.2 Å². The molecule has 0 bridgehead atoms. The highest BCUT2D eigenvalue weighted by Gasteiger charge is 2.20. The summed E-state index contributed by atoms with van der Waals surface area (Å²) in [6.07, 6.45) is 2.99. The molecule has 158 valence electrons. The van der Waals surface area contributed by atoms with E-state index in [4.69, 9.17) is 16.0 Å². The quantitative estimate of drug-likeness (QED) is 0.516. The summed E-state index contributed by atoms with van der Waals surface area (Å²) in [6, 6.07) is 17.0. The molecular weight excluding hydrogens is 424 g/mol. The van der Waals surface area contributed by atoms with Gasteiger partial charge in [-0.25, -0.2) is 13.1 Å². The van der Waals surface area contributed by atoms with E-state index < -0.39 is 10.0 Å². The highest BCUT2D eigenvalue weighted by atomic mass is 35.5. The summed E-state index contributed by atoms with van der Waals surface area (Å²) in [5.74, 6) is 0.485. The van der Waals surface area contributed by atoms with Gasteiger partial charge in [0.15, 0.2) is 0 Å². The van der Waals surface area contributed by atoms with Gasteiger partial charge in [-0.05, 0) is 49.2 Å². The van der Waals surface area contributed by atoms with Crippen molar-refractivity contribution in [3.63, 3.8) is 0 Å². The molecule has 3 rings (SSSR count). The van der Waals surface area contributed by atoms with Crippen molar-refractivity contribution in [2.75, 3.05) is 0 Å². The van der Waals surface area contributed by atoms with Gasteiger partial charge in [0.25, 0.3) is 5.91 Å². The number of rotatable bonds is 9. The summed E-state index contributed by atoms with van der Waals surface area (Å²) in [5, 5.41) is 2.93. The lowest BCUT2D eigenvalue weighted by atomic mass is 10.1. The first-order valence-electron chi connectivity index (χ1n) is 9.51. The largest absolute Gasteiger partial charge is 0.469 e. The minimum Gasteiger partial charge on any atom is -0.469 e. The predicted molar refractivity (Wildman–Crippen MR) is 116 cm³/mol. The van der Waals surface area contributed by atoms with Crippen LogP contribution in [-0.4, -0.2) is 20.4 Å². The van der Waals surface area contributed by atoms with Gasteiger partial charge in [-0.2, -0.15) is 0 Å². The zero-order valence-electron chi connectivity index (χ0n) is 16.5. The van der Waals surface area contributed by atoms with Crippen LogP contribution in [0.2, 0.25) is 5.02 Å². The van der Waals surface area contributed by atoms with Gasteiger partial charge in [-0.1, -0.05) is 41.9 Å². The first-order valence-corrected chi connectivity index (χ1v) is 11.4. The van der Waals surface area contributed by atoms with Crippen LogP contribution >= 0.6 is 11.6 Å². The summed E-state index contributed by atoms with van der Waals surface area (Å²) in [4.78, 5) is 12.5. The molecular formula is C22H23ClN2O4S. The summed E-state index contributed by atoms with van der Waals surface area (Å²) in [6.45, 7) is 2.01. The molecule has 0 aliphatic heterocycles. The highest BCUT2D eigenvalue weighted by Crippen LogP contribution is 2.23. The number of hydrogen-bond acceptors (Lipinski definition) is 4. The summed E-state index contributed by atoms with van der Waals surface area (Å²) < 4.78 is 33.3. The Balaban J connectivity index is 1.66. The van der Waals surface area contributed by atoms with Gasteiger partial charge in [0.1, 0.15) is 10.7 Å². The maximum Gasteiger partial charge on any atom is 0.251 e. The molecule has 8 heteroatoms. The smallest absolute Gasteiger partial charge is 0.251 e. The Morgan fingerprint density at radius 1 is 1.10 bits per heavy atom. The van der Waals surface area contributed by atoms with Crippen molar-refractivity contribution in [1.82, 2.24) is 10.0 Å². The van der Waals surface area contributed by atoms with E-state index in [2.05, 4.69) is 10.0 Å². The Labute approximate surface area is 181 Å². The standard InChI is InChI=1S/C22H23ClN2O4S/c1-16(9-11-19-8-5-13-29-19)25-22(26)18-10-12-20(23)21(14-18)30(27,28)24-15-17-6-3-2-4-7-17/h2-8,10,12-14,16,24H,9,11,15H2,1H3,(H,25,26). The Hall–Kier alpha value is -2.61. The molecule has 0 aliphatic carbocycles. The average Bonchev–Trinajstić information content (AvgIpc) is 3.25. The van der Waals surface area contributed by atoms with Crippen LogP contribution in [0.1, 0.15) is 35.0 Å². The first-order chi connectivity index (χ1) is 14.3. The van der Waals surface area contributed by atoms with E-state index in [1.54, 1.807) is 6.26 Å². The summed E-state index contributed by atoms with van der Waals surface area (Å²) in [5.41, 5.74) is 1.04. The van der Waals surface area contributed by atoms with Gasteiger partial charge in [0.05, 0.1) is 11.3 Å². The molecule has 1 aromatic heterocycles. The molecule has 0 fully saturated rings. The normalized spacial score (nSPS) is 12.5. The van der Waals surface area contributed by atoms with Crippen LogP contribution < -0.4 is 10.0 Å². The second-order valence-corrected chi connectivity index (χ2v) is 9.09. The van der Waals surface area contributed by atoms with E-state index in [1.165, 1.54) is 18.2 Å². The number of aryl methyl sites for hydroxylation is 1. The van der Waals surface area contributed by atoms with Gasteiger partial charge in [-0.3, -0.25) is 4.79 Å². The highest BCUT2D eigenvalue weighted by molar-refractivity contribution is 7.89. The third-order valence-electron chi connectivity index (χ3n) is 4.57. The van der Waals surface area contributed by atoms with Crippen molar-refractivity contribution in [3.8, 4) is 0 Å². The van der Waals surface area contributed by atoms with Crippen LogP contribution in [0.3, 0.4) is 0 Å². The van der Waals surface area contributed by atoms with Crippen LogP contribution in [0.25, 0.3) is 0 Å². The lowest BCUT2D eigenvalue weighted by Crippen LogP contribution is -2.33. The van der Waals surface area contributed by atoms with Crippen molar-refractivity contribution in [2.24, 2.45) is 0 Å². The molecule has 30 heavy (non-hydrogen) atoms. The lowest BCUT2D eigenvalue weighted by Gasteiger charge is -2.14. The van der Waals surface area contributed by atoms with E-state index >= 15 is 0 Å². The molecule has 0 spiro atoms. The maximum absolute atomic E-state index is 12.7. The predicted octanol–water partition coefficient (Wildman–Crippen LogP) is 4.16. The number of halogens is 1. The Morgan fingerprint density at radius 3 is 2.57 bits per heavy atom. The van der Waals surface area contributed by atoms with Gasteiger partial charge in [-0.15, -0.1) is 0 Å². The zero-order valence-corrected chi connectivity index (χ0v) is 18.0. The molecule has 1 atom stereocenters. The van der Waals surface area contributed by atoms with Crippen molar-refractivity contribution in [3.05, 3.63) is 88.8 Å². The van der Waals surface area contributed by atoms with E-state index in [0.29, 0.717) is 12.8 Å². The second-order valence-electron chi connectivity index (χ2n) is 6.95. The number of sulfonamides is 1. The lowest BCUT2D eigenvalue weighted by molar-refractivity contribution is 0.0938. The van der Waals surface area contributed by atoms with Crippen molar-refractivity contribution in [2.45, 2.75) is 37.2 Å². The van der Waals surface area contributed by atoms with E-state index in [0.717, 1.165) is 11.3 Å². The minimum absolute atomic E-state index is 0.0537. The third kappa shape index (κ3) is 5.95. The summed E-state index contributed by atoms with van der Waals surface area (Å²) in [7, 11) is -3.89. The number of nitrogens with one attached hydrogen (secondary N) is 2. The van der Waals surface area contributed by atoms with Crippen LogP contribution in [0, 0.1) is 0 Å². The van der Waals surface area contributed by atoms with E-state index in [1.807, 2.05) is 49.4 Å². The number of furan rings is 1. The molecule has 6 nitrogen and oxygen atoms in total. The fraction of sp³-hybridized carbons (Fsp3) is 0.227. The number of benzene rings is 2. The Kier molecular flexibility index (Phi) is 7.31. The van der Waals surface area contributed by atoms with Crippen LogP contribution in [0.5, 0.6) is 0 Å². The van der Waals surface area contributed by atoms with Crippen LogP contribution in [0.4, 0.5) is 0 Å². The van der Waals surface area contributed by atoms with Crippen molar-refractivity contribution >= 4 is 27.5 Å². The van der Waals surface area contributed by atoms with Gasteiger partial charge < -0.3 is 9.73 Å². The monoisotopic (exact) mass is 446 g/mol. The molecule has 3 aromatic rings. The molecule has 1 amide bonds. The molecule has 0 aliphatic rings. The molecule has 2 aromatic carbocycles. The molecule has 1 unspecified atom stereocenters. The average molecular weight is 447 g/mol. The van der Waals surface area contributed by atoms with Crippen LogP contribution in [0.15, 0.2) is 76.2 Å². The zero-order chi connectivity index (χ0) is 21.6. The minimum atomic E-state index is -3.89. The number of carbonyl (C=O) groups is 1.